The summed E-state index contributed by atoms with van der Waals surface area (Å²) >= 11 is 0. The molecule has 0 aromatic heterocycles. The lowest BCUT2D eigenvalue weighted by Gasteiger charge is -2.31. The van der Waals surface area contributed by atoms with Crippen LogP contribution in [0.4, 0.5) is 0 Å². The van der Waals surface area contributed by atoms with Gasteiger partial charge in [0.05, 0.1) is 6.54 Å². The molecule has 0 bridgehead atoms. The minimum atomic E-state index is 0.184. The molecular weight excluding hydrogens is 184 g/mol. The van der Waals surface area contributed by atoms with Crippen LogP contribution in [-0.2, 0) is 0 Å². The molecule has 0 radical (unpaired) electrons. The molecule has 88 valence electrons. The van der Waals surface area contributed by atoms with Crippen LogP contribution in [0.15, 0.2) is 0 Å². The summed E-state index contributed by atoms with van der Waals surface area (Å²) in [7, 11) is 0. The lowest BCUT2D eigenvalue weighted by atomic mass is 10.1. The number of hydrogen-bond acceptors (Lipinski definition) is 2. The molecule has 0 fully saturated rings. The van der Waals surface area contributed by atoms with Crippen LogP contribution in [0, 0.1) is 12.3 Å². The van der Waals surface area contributed by atoms with E-state index in [4.69, 9.17) is 6.42 Å². The number of likely N-dealkylation sites (N-methyl/N-ethyl adjacent to an activating group) is 1. The maximum Gasteiger partial charge on any atom is 0.0601 e. The Morgan fingerprint density at radius 2 is 1.93 bits per heavy atom. The molecule has 2 nitrogen and oxygen atoms in total. The Bertz CT molecular complexity index is 198. The molecule has 1 unspecified atom stereocenters. The van der Waals surface area contributed by atoms with Crippen molar-refractivity contribution < 1.29 is 0 Å². The predicted octanol–water partition coefficient (Wildman–Crippen LogP) is 2.11. The van der Waals surface area contributed by atoms with Crippen molar-refractivity contribution in [3.05, 3.63) is 0 Å². The highest BCUT2D eigenvalue weighted by Gasteiger charge is 2.17. The van der Waals surface area contributed by atoms with E-state index in [9.17, 15) is 0 Å². The summed E-state index contributed by atoms with van der Waals surface area (Å²) in [5, 5.41) is 3.54. The fourth-order valence-corrected chi connectivity index (χ4v) is 1.57. The third-order valence-electron chi connectivity index (χ3n) is 2.56. The summed E-state index contributed by atoms with van der Waals surface area (Å²) in [5.74, 6) is 2.73. The van der Waals surface area contributed by atoms with Crippen LogP contribution >= 0.6 is 0 Å². The van der Waals surface area contributed by atoms with E-state index in [0.717, 1.165) is 26.1 Å². The van der Waals surface area contributed by atoms with Crippen molar-refractivity contribution in [2.45, 2.75) is 52.6 Å². The standard InChI is InChI=1S/C13H26N2/c1-7-10-15(9-3)12(8-2)11-14-13(4,5)6/h1,12,14H,8-11H2,2-6H3. The van der Waals surface area contributed by atoms with Gasteiger partial charge >= 0.3 is 0 Å². The van der Waals surface area contributed by atoms with E-state index in [0.29, 0.717) is 6.04 Å². The average Bonchev–Trinajstić information content (AvgIpc) is 2.15. The second kappa shape index (κ2) is 6.87. The molecule has 0 amide bonds. The Labute approximate surface area is 95.4 Å². The van der Waals surface area contributed by atoms with Gasteiger partial charge < -0.3 is 5.32 Å². The van der Waals surface area contributed by atoms with Crippen LogP contribution in [0.5, 0.6) is 0 Å². The summed E-state index contributed by atoms with van der Waals surface area (Å²) in [6.07, 6.45) is 6.50. The maximum atomic E-state index is 5.37. The summed E-state index contributed by atoms with van der Waals surface area (Å²) in [4.78, 5) is 2.35. The lowest BCUT2D eigenvalue weighted by Crippen LogP contribution is -2.47. The van der Waals surface area contributed by atoms with Crippen LogP contribution in [0.2, 0.25) is 0 Å². The van der Waals surface area contributed by atoms with Gasteiger partial charge in [-0.3, -0.25) is 4.90 Å². The number of hydrogen-bond donors (Lipinski definition) is 1. The van der Waals surface area contributed by atoms with Gasteiger partial charge in [0.2, 0.25) is 0 Å². The first kappa shape index (κ1) is 14.5. The van der Waals surface area contributed by atoms with Crippen LogP contribution in [-0.4, -0.2) is 36.1 Å². The third kappa shape index (κ3) is 6.54. The fourth-order valence-electron chi connectivity index (χ4n) is 1.57. The molecule has 0 spiro atoms. The molecule has 15 heavy (non-hydrogen) atoms. The van der Waals surface area contributed by atoms with Gasteiger partial charge in [0, 0.05) is 18.1 Å². The van der Waals surface area contributed by atoms with E-state index in [1.54, 1.807) is 0 Å². The van der Waals surface area contributed by atoms with Crippen molar-refractivity contribution >= 4 is 0 Å². The first-order valence-corrected chi connectivity index (χ1v) is 5.87. The monoisotopic (exact) mass is 210 g/mol. The van der Waals surface area contributed by atoms with Crippen LogP contribution < -0.4 is 5.32 Å². The molecule has 0 heterocycles. The van der Waals surface area contributed by atoms with E-state index in [2.05, 4.69) is 50.8 Å². The van der Waals surface area contributed by atoms with Gasteiger partial charge in [0.25, 0.3) is 0 Å². The molecule has 1 atom stereocenters. The highest BCUT2D eigenvalue weighted by atomic mass is 15.2. The zero-order valence-electron chi connectivity index (χ0n) is 10.9. The molecule has 2 heteroatoms. The Balaban J connectivity index is 4.16. The SMILES string of the molecule is C#CCN(CC)C(CC)CNC(C)(C)C. The Kier molecular flexibility index (Phi) is 6.63. The summed E-state index contributed by atoms with van der Waals surface area (Å²) < 4.78 is 0. The summed E-state index contributed by atoms with van der Waals surface area (Å²) in [6, 6.07) is 0.547. The second-order valence-electron chi connectivity index (χ2n) is 4.96. The minimum absolute atomic E-state index is 0.184. The van der Waals surface area contributed by atoms with E-state index < -0.39 is 0 Å². The Morgan fingerprint density at radius 3 is 2.27 bits per heavy atom. The largest absolute Gasteiger partial charge is 0.311 e. The van der Waals surface area contributed by atoms with Crippen LogP contribution in [0.25, 0.3) is 0 Å². The highest BCUT2D eigenvalue weighted by Crippen LogP contribution is 2.05. The number of terminal acetylenes is 1. The maximum absolute atomic E-state index is 5.37. The van der Waals surface area contributed by atoms with E-state index >= 15 is 0 Å². The van der Waals surface area contributed by atoms with Gasteiger partial charge in [-0.25, -0.2) is 0 Å². The summed E-state index contributed by atoms with van der Waals surface area (Å²) in [5.41, 5.74) is 0.184. The van der Waals surface area contributed by atoms with Crippen molar-refractivity contribution in [2.75, 3.05) is 19.6 Å². The van der Waals surface area contributed by atoms with Crippen molar-refractivity contribution in [1.29, 1.82) is 0 Å². The molecule has 0 aliphatic heterocycles. The highest BCUT2D eigenvalue weighted by molar-refractivity contribution is 4.90. The third-order valence-corrected chi connectivity index (χ3v) is 2.56. The average molecular weight is 210 g/mol. The molecular formula is C13H26N2. The van der Waals surface area contributed by atoms with Gasteiger partial charge in [-0.2, -0.15) is 0 Å². The first-order valence-electron chi connectivity index (χ1n) is 5.87. The van der Waals surface area contributed by atoms with Crippen molar-refractivity contribution in [3.63, 3.8) is 0 Å². The molecule has 0 aromatic carbocycles. The lowest BCUT2D eigenvalue weighted by molar-refractivity contribution is 0.207. The number of rotatable bonds is 6. The Hall–Kier alpha value is -0.520. The quantitative estimate of drug-likeness (QED) is 0.676. The molecule has 0 rings (SSSR count). The molecule has 0 saturated carbocycles. The molecule has 0 aromatic rings. The van der Waals surface area contributed by atoms with Gasteiger partial charge in [-0.15, -0.1) is 6.42 Å². The van der Waals surface area contributed by atoms with Crippen molar-refractivity contribution in [2.24, 2.45) is 0 Å². The van der Waals surface area contributed by atoms with Crippen molar-refractivity contribution in [1.82, 2.24) is 10.2 Å². The van der Waals surface area contributed by atoms with E-state index in [1.807, 2.05) is 0 Å². The first-order chi connectivity index (χ1) is 6.94. The Morgan fingerprint density at radius 1 is 1.33 bits per heavy atom. The molecule has 0 aliphatic rings. The van der Waals surface area contributed by atoms with Crippen LogP contribution in [0.3, 0.4) is 0 Å². The van der Waals surface area contributed by atoms with E-state index in [-0.39, 0.29) is 5.54 Å². The number of nitrogens with zero attached hydrogens (tertiary/aromatic N) is 1. The molecule has 0 saturated heterocycles. The van der Waals surface area contributed by atoms with Gasteiger partial charge in [0.15, 0.2) is 0 Å². The van der Waals surface area contributed by atoms with Crippen molar-refractivity contribution in [3.8, 4) is 12.3 Å². The summed E-state index contributed by atoms with van der Waals surface area (Å²) in [6.45, 7) is 13.7. The zero-order valence-corrected chi connectivity index (χ0v) is 10.9. The second-order valence-corrected chi connectivity index (χ2v) is 4.96. The van der Waals surface area contributed by atoms with Gasteiger partial charge in [0.1, 0.15) is 0 Å². The minimum Gasteiger partial charge on any atom is -0.311 e. The van der Waals surface area contributed by atoms with Gasteiger partial charge in [-0.1, -0.05) is 19.8 Å². The normalized spacial score (nSPS) is 13.9. The molecule has 1 N–H and O–H groups in total. The fraction of sp³-hybridized carbons (Fsp3) is 0.846. The van der Waals surface area contributed by atoms with E-state index in [1.165, 1.54) is 0 Å². The predicted molar refractivity (Wildman–Crippen MR) is 67.9 cm³/mol. The topological polar surface area (TPSA) is 15.3 Å². The molecule has 0 aliphatic carbocycles. The smallest absolute Gasteiger partial charge is 0.0601 e. The zero-order chi connectivity index (χ0) is 11.9. The number of nitrogens with one attached hydrogen (secondary N) is 1. The van der Waals surface area contributed by atoms with Crippen LogP contribution in [0.1, 0.15) is 41.0 Å². The van der Waals surface area contributed by atoms with Gasteiger partial charge in [-0.05, 0) is 33.7 Å².